The molecule has 0 aliphatic heterocycles. The molecule has 94 valence electrons. The SMILES string of the molecule is CC1CC(NS(=O)(=O)c2cc(Cl)ccc2N)C1. The minimum Gasteiger partial charge on any atom is -0.398 e. The topological polar surface area (TPSA) is 72.2 Å². The summed E-state index contributed by atoms with van der Waals surface area (Å²) in [6.07, 6.45) is 1.75. The molecule has 0 bridgehead atoms. The van der Waals surface area contributed by atoms with Crippen LogP contribution in [0.15, 0.2) is 23.1 Å². The number of nitrogens with one attached hydrogen (secondary N) is 1. The molecule has 1 saturated carbocycles. The molecule has 1 aromatic rings. The third-order valence-electron chi connectivity index (χ3n) is 2.96. The molecule has 0 aromatic heterocycles. The highest BCUT2D eigenvalue weighted by molar-refractivity contribution is 7.89. The smallest absolute Gasteiger partial charge is 0.242 e. The molecule has 0 saturated heterocycles. The zero-order chi connectivity index (χ0) is 12.6. The van der Waals surface area contributed by atoms with E-state index in [2.05, 4.69) is 11.6 Å². The molecule has 17 heavy (non-hydrogen) atoms. The predicted octanol–water partition coefficient (Wildman–Crippen LogP) is 2.00. The van der Waals surface area contributed by atoms with Crippen LogP contribution in [0, 0.1) is 5.92 Å². The van der Waals surface area contributed by atoms with Gasteiger partial charge in [-0.2, -0.15) is 0 Å². The summed E-state index contributed by atoms with van der Waals surface area (Å²) in [5, 5.41) is 0.363. The summed E-state index contributed by atoms with van der Waals surface area (Å²) in [6.45, 7) is 2.10. The van der Waals surface area contributed by atoms with Gasteiger partial charge in [-0.3, -0.25) is 0 Å². The zero-order valence-corrected chi connectivity index (χ0v) is 11.1. The van der Waals surface area contributed by atoms with Crippen LogP contribution in [0.25, 0.3) is 0 Å². The fraction of sp³-hybridized carbons (Fsp3) is 0.455. The lowest BCUT2D eigenvalue weighted by Gasteiger charge is -2.33. The largest absolute Gasteiger partial charge is 0.398 e. The van der Waals surface area contributed by atoms with Crippen molar-refractivity contribution in [1.82, 2.24) is 4.72 Å². The molecule has 0 spiro atoms. The average molecular weight is 275 g/mol. The Bertz CT molecular complexity index is 524. The molecule has 0 unspecified atom stereocenters. The molecule has 3 N–H and O–H groups in total. The molecule has 6 heteroatoms. The van der Waals surface area contributed by atoms with Gasteiger partial charge in [-0.15, -0.1) is 0 Å². The summed E-state index contributed by atoms with van der Waals surface area (Å²) < 4.78 is 26.8. The van der Waals surface area contributed by atoms with Crippen molar-refractivity contribution in [1.29, 1.82) is 0 Å². The van der Waals surface area contributed by atoms with Crippen LogP contribution < -0.4 is 10.5 Å². The number of nitrogen functional groups attached to an aromatic ring is 1. The predicted molar refractivity (Wildman–Crippen MR) is 68.4 cm³/mol. The molecule has 1 aliphatic carbocycles. The van der Waals surface area contributed by atoms with E-state index in [1.165, 1.54) is 12.1 Å². The molecule has 1 aliphatic rings. The van der Waals surface area contributed by atoms with Crippen molar-refractivity contribution in [3.8, 4) is 0 Å². The Kier molecular flexibility index (Phi) is 3.34. The molecule has 1 aromatic carbocycles. The maximum absolute atomic E-state index is 12.1. The lowest BCUT2D eigenvalue weighted by Crippen LogP contribution is -2.43. The average Bonchev–Trinajstić information content (AvgIpc) is 2.19. The summed E-state index contributed by atoms with van der Waals surface area (Å²) in [5.41, 5.74) is 5.88. The second-order valence-corrected chi connectivity index (χ2v) is 6.70. The fourth-order valence-corrected chi connectivity index (χ4v) is 3.68. The summed E-state index contributed by atoms with van der Waals surface area (Å²) >= 11 is 5.78. The summed E-state index contributed by atoms with van der Waals surface area (Å²) in [7, 11) is -3.56. The van der Waals surface area contributed by atoms with Gasteiger partial charge in [0, 0.05) is 11.1 Å². The summed E-state index contributed by atoms with van der Waals surface area (Å²) in [6, 6.07) is 4.47. The number of hydrogen-bond donors (Lipinski definition) is 2. The van der Waals surface area contributed by atoms with Gasteiger partial charge in [0.2, 0.25) is 10.0 Å². The van der Waals surface area contributed by atoms with Gasteiger partial charge in [0.15, 0.2) is 0 Å². The van der Waals surface area contributed by atoms with Gasteiger partial charge >= 0.3 is 0 Å². The van der Waals surface area contributed by atoms with Crippen molar-refractivity contribution in [2.24, 2.45) is 5.92 Å². The normalized spacial score (nSPS) is 24.4. The quantitative estimate of drug-likeness (QED) is 0.828. The Morgan fingerprint density at radius 3 is 2.65 bits per heavy atom. The number of nitrogens with two attached hydrogens (primary N) is 1. The third-order valence-corrected chi connectivity index (χ3v) is 4.77. The van der Waals surface area contributed by atoms with E-state index in [9.17, 15) is 8.42 Å². The van der Waals surface area contributed by atoms with E-state index < -0.39 is 10.0 Å². The van der Waals surface area contributed by atoms with Gasteiger partial charge in [0.25, 0.3) is 0 Å². The summed E-state index contributed by atoms with van der Waals surface area (Å²) in [5.74, 6) is 0.583. The van der Waals surface area contributed by atoms with Crippen molar-refractivity contribution in [3.05, 3.63) is 23.2 Å². The first-order valence-electron chi connectivity index (χ1n) is 5.46. The maximum atomic E-state index is 12.1. The number of sulfonamides is 1. The highest BCUT2D eigenvalue weighted by Crippen LogP contribution is 2.29. The van der Waals surface area contributed by atoms with E-state index in [1.54, 1.807) is 6.07 Å². The second kappa shape index (κ2) is 4.48. The van der Waals surface area contributed by atoms with Gasteiger partial charge in [-0.05, 0) is 37.0 Å². The van der Waals surface area contributed by atoms with Crippen LogP contribution in [-0.2, 0) is 10.0 Å². The number of hydrogen-bond acceptors (Lipinski definition) is 3. The van der Waals surface area contributed by atoms with Crippen molar-refractivity contribution in [2.75, 3.05) is 5.73 Å². The molecule has 4 nitrogen and oxygen atoms in total. The van der Waals surface area contributed by atoms with Crippen LogP contribution >= 0.6 is 11.6 Å². The van der Waals surface area contributed by atoms with Gasteiger partial charge in [-0.1, -0.05) is 18.5 Å². The van der Waals surface area contributed by atoms with Gasteiger partial charge in [0.1, 0.15) is 4.90 Å². The third kappa shape index (κ3) is 2.73. The highest BCUT2D eigenvalue weighted by Gasteiger charge is 2.30. The van der Waals surface area contributed by atoms with Crippen molar-refractivity contribution in [3.63, 3.8) is 0 Å². The van der Waals surface area contributed by atoms with Crippen molar-refractivity contribution in [2.45, 2.75) is 30.7 Å². The van der Waals surface area contributed by atoms with Gasteiger partial charge in [-0.25, -0.2) is 13.1 Å². The molecule has 0 radical (unpaired) electrons. The van der Waals surface area contributed by atoms with Gasteiger partial charge in [0.05, 0.1) is 5.69 Å². The molecular weight excluding hydrogens is 260 g/mol. The van der Waals surface area contributed by atoms with E-state index in [4.69, 9.17) is 17.3 Å². The first kappa shape index (κ1) is 12.7. The summed E-state index contributed by atoms with van der Waals surface area (Å²) in [4.78, 5) is 0.0598. The van der Waals surface area contributed by atoms with Crippen LogP contribution in [0.4, 0.5) is 5.69 Å². The van der Waals surface area contributed by atoms with Crippen LogP contribution in [0.5, 0.6) is 0 Å². The van der Waals surface area contributed by atoms with Crippen molar-refractivity contribution < 1.29 is 8.42 Å². The highest BCUT2D eigenvalue weighted by atomic mass is 35.5. The Hall–Kier alpha value is -0.780. The molecule has 0 heterocycles. The van der Waals surface area contributed by atoms with E-state index in [1.807, 2.05) is 0 Å². The Morgan fingerprint density at radius 2 is 2.06 bits per heavy atom. The monoisotopic (exact) mass is 274 g/mol. The first-order valence-corrected chi connectivity index (χ1v) is 7.32. The van der Waals surface area contributed by atoms with Crippen LogP contribution in [0.2, 0.25) is 5.02 Å². The number of benzene rings is 1. The fourth-order valence-electron chi connectivity index (χ4n) is 2.02. The van der Waals surface area contributed by atoms with E-state index in [0.717, 1.165) is 12.8 Å². The van der Waals surface area contributed by atoms with E-state index in [0.29, 0.717) is 10.9 Å². The van der Waals surface area contributed by atoms with Gasteiger partial charge < -0.3 is 5.73 Å². The van der Waals surface area contributed by atoms with Crippen molar-refractivity contribution >= 4 is 27.3 Å². The minimum atomic E-state index is -3.56. The van der Waals surface area contributed by atoms with Crippen LogP contribution in [-0.4, -0.2) is 14.5 Å². The Morgan fingerprint density at radius 1 is 1.41 bits per heavy atom. The molecule has 0 amide bonds. The number of rotatable bonds is 3. The molecular formula is C11H15ClN2O2S. The standard InChI is InChI=1S/C11H15ClN2O2S/c1-7-4-9(5-7)14-17(15,16)11-6-8(12)2-3-10(11)13/h2-3,6-7,9,14H,4-5,13H2,1H3. The molecule has 0 atom stereocenters. The zero-order valence-electron chi connectivity index (χ0n) is 9.48. The first-order chi connectivity index (χ1) is 7.88. The lowest BCUT2D eigenvalue weighted by molar-refractivity contribution is 0.270. The van der Waals surface area contributed by atoms with E-state index >= 15 is 0 Å². The number of anilines is 1. The Balaban J connectivity index is 2.22. The maximum Gasteiger partial charge on any atom is 0.242 e. The molecule has 1 fully saturated rings. The van der Waals surface area contributed by atoms with Crippen LogP contribution in [0.1, 0.15) is 19.8 Å². The minimum absolute atomic E-state index is 0.0216. The van der Waals surface area contributed by atoms with Crippen LogP contribution in [0.3, 0.4) is 0 Å². The number of halogens is 1. The second-order valence-electron chi connectivity index (χ2n) is 4.58. The Labute approximate surface area is 106 Å². The lowest BCUT2D eigenvalue weighted by atomic mass is 9.83. The van der Waals surface area contributed by atoms with E-state index in [-0.39, 0.29) is 16.6 Å². The molecule has 2 rings (SSSR count).